The van der Waals surface area contributed by atoms with Crippen molar-refractivity contribution >= 4 is 15.9 Å². The number of piperazine rings is 1. The zero-order valence-electron chi connectivity index (χ0n) is 15.1. The first-order chi connectivity index (χ1) is 11.9. The van der Waals surface area contributed by atoms with Crippen LogP contribution in [0, 0.1) is 13.8 Å². The van der Waals surface area contributed by atoms with E-state index in [2.05, 4.69) is 0 Å². The molecule has 6 nitrogen and oxygen atoms in total. The Morgan fingerprint density at radius 2 is 1.72 bits per heavy atom. The van der Waals surface area contributed by atoms with Crippen molar-refractivity contribution in [3.8, 4) is 0 Å². The van der Waals surface area contributed by atoms with Gasteiger partial charge < -0.3 is 9.80 Å². The molecule has 7 heteroatoms. The number of benzene rings is 1. The highest BCUT2D eigenvalue weighted by atomic mass is 32.2. The molecule has 0 atom stereocenters. The van der Waals surface area contributed by atoms with Gasteiger partial charge in [-0.2, -0.15) is 4.31 Å². The Labute approximate surface area is 150 Å². The third kappa shape index (κ3) is 4.04. The molecule has 1 aromatic rings. The first-order valence-corrected chi connectivity index (χ1v) is 10.5. The summed E-state index contributed by atoms with van der Waals surface area (Å²) in [6.07, 6.45) is 2.40. The Kier molecular flexibility index (Phi) is 5.46. The molecule has 138 valence electrons. The van der Waals surface area contributed by atoms with Crippen LogP contribution in [-0.2, 0) is 14.8 Å². The summed E-state index contributed by atoms with van der Waals surface area (Å²) >= 11 is 0. The second-order valence-electron chi connectivity index (χ2n) is 7.19. The van der Waals surface area contributed by atoms with Crippen LogP contribution < -0.4 is 4.90 Å². The van der Waals surface area contributed by atoms with E-state index in [1.807, 2.05) is 30.9 Å². The molecule has 0 aliphatic carbocycles. The zero-order valence-corrected chi connectivity index (χ0v) is 15.9. The van der Waals surface area contributed by atoms with E-state index < -0.39 is 10.0 Å². The predicted molar refractivity (Wildman–Crippen MR) is 96.1 cm³/mol. The summed E-state index contributed by atoms with van der Waals surface area (Å²) in [4.78, 5) is 16.0. The summed E-state index contributed by atoms with van der Waals surface area (Å²) in [6.45, 7) is 8.19. The van der Waals surface area contributed by atoms with Gasteiger partial charge in [0, 0.05) is 39.0 Å². The molecule has 0 saturated carbocycles. The van der Waals surface area contributed by atoms with Gasteiger partial charge in [-0.05, 0) is 25.5 Å². The van der Waals surface area contributed by atoms with E-state index in [0.717, 1.165) is 24.2 Å². The maximum Gasteiger partial charge on any atom is 0.277 e. The predicted octanol–water partition coefficient (Wildman–Crippen LogP) is -0.185. The summed E-state index contributed by atoms with van der Waals surface area (Å²) in [5, 5.41) is 0. The van der Waals surface area contributed by atoms with Gasteiger partial charge in [0.1, 0.15) is 0 Å². The number of hydrogen-bond acceptors (Lipinski definition) is 3. The van der Waals surface area contributed by atoms with Gasteiger partial charge in [-0.1, -0.05) is 17.7 Å². The Morgan fingerprint density at radius 1 is 1.08 bits per heavy atom. The number of rotatable bonds is 4. The molecule has 0 spiro atoms. The van der Waals surface area contributed by atoms with Crippen LogP contribution in [0.5, 0.6) is 0 Å². The molecule has 3 rings (SSSR count). The number of sulfonamides is 1. The first kappa shape index (κ1) is 18.4. The molecule has 2 saturated heterocycles. The number of quaternary nitrogens is 1. The molecule has 2 aliphatic rings. The highest BCUT2D eigenvalue weighted by Crippen LogP contribution is 2.22. The summed E-state index contributed by atoms with van der Waals surface area (Å²) in [5.41, 5.74) is 1.83. The Hall–Kier alpha value is -1.44. The number of likely N-dealkylation sites (tertiary alicyclic amines) is 1. The fourth-order valence-electron chi connectivity index (χ4n) is 3.78. The molecular formula is C18H28N3O3S+. The quantitative estimate of drug-likeness (QED) is 0.804. The minimum absolute atomic E-state index is 0.153. The number of nitrogens with zero attached hydrogens (tertiary/aromatic N) is 2. The summed E-state index contributed by atoms with van der Waals surface area (Å²) in [6, 6.07) is 5.41. The van der Waals surface area contributed by atoms with Crippen LogP contribution in [0.3, 0.4) is 0 Å². The van der Waals surface area contributed by atoms with Crippen LogP contribution >= 0.6 is 0 Å². The number of amides is 1. The van der Waals surface area contributed by atoms with Crippen molar-refractivity contribution in [1.82, 2.24) is 9.21 Å². The summed E-state index contributed by atoms with van der Waals surface area (Å²) in [5.74, 6) is 0.153. The van der Waals surface area contributed by atoms with E-state index in [-0.39, 0.29) is 5.91 Å². The van der Waals surface area contributed by atoms with Gasteiger partial charge in [-0.3, -0.25) is 4.79 Å². The third-order valence-electron chi connectivity index (χ3n) is 5.25. The van der Waals surface area contributed by atoms with Crippen LogP contribution in [0.2, 0.25) is 0 Å². The van der Waals surface area contributed by atoms with Crippen LogP contribution in [0.25, 0.3) is 0 Å². The minimum Gasteiger partial charge on any atom is -0.335 e. The lowest BCUT2D eigenvalue weighted by atomic mass is 10.2. The van der Waals surface area contributed by atoms with E-state index >= 15 is 0 Å². The Morgan fingerprint density at radius 3 is 2.32 bits per heavy atom. The molecule has 0 radical (unpaired) electrons. The zero-order chi connectivity index (χ0) is 18.0. The standard InChI is InChI=1S/C18H27N3O3S/c1-15-5-6-17(16(2)13-15)25(23,24)21-11-9-20(10-12-21)18(22)14-19-7-3-4-8-19/h5-6,13H,3-4,7-12,14H2,1-2H3/p+1. The van der Waals surface area contributed by atoms with Crippen LogP contribution in [0.15, 0.2) is 23.1 Å². The van der Waals surface area contributed by atoms with Crippen molar-refractivity contribution in [1.29, 1.82) is 0 Å². The highest BCUT2D eigenvalue weighted by Gasteiger charge is 2.32. The van der Waals surface area contributed by atoms with E-state index in [4.69, 9.17) is 0 Å². The van der Waals surface area contributed by atoms with Gasteiger partial charge in [-0.15, -0.1) is 0 Å². The van der Waals surface area contributed by atoms with Gasteiger partial charge in [0.15, 0.2) is 6.54 Å². The maximum absolute atomic E-state index is 12.9. The minimum atomic E-state index is -3.49. The van der Waals surface area contributed by atoms with Crippen LogP contribution in [-0.4, -0.2) is 69.3 Å². The lowest BCUT2D eigenvalue weighted by Gasteiger charge is -2.34. The van der Waals surface area contributed by atoms with Crippen molar-refractivity contribution < 1.29 is 18.1 Å². The van der Waals surface area contributed by atoms with Gasteiger partial charge in [0.05, 0.1) is 18.0 Å². The lowest BCUT2D eigenvalue weighted by Crippen LogP contribution is -3.11. The summed E-state index contributed by atoms with van der Waals surface area (Å²) < 4.78 is 27.3. The number of aryl methyl sites for hydroxylation is 2. The first-order valence-electron chi connectivity index (χ1n) is 9.06. The SMILES string of the molecule is Cc1ccc(S(=O)(=O)N2CCN(C(=O)C[NH+]3CCCC3)CC2)c(C)c1. The van der Waals surface area contributed by atoms with Gasteiger partial charge >= 0.3 is 0 Å². The fourth-order valence-corrected chi connectivity index (χ4v) is 5.41. The molecule has 25 heavy (non-hydrogen) atoms. The van der Waals surface area contributed by atoms with E-state index in [1.54, 1.807) is 6.07 Å². The average molecular weight is 367 g/mol. The largest absolute Gasteiger partial charge is 0.335 e. The Bertz CT molecular complexity index is 734. The van der Waals surface area contributed by atoms with E-state index in [1.165, 1.54) is 22.0 Å². The molecule has 1 amide bonds. The molecule has 0 unspecified atom stereocenters. The molecule has 1 aromatic carbocycles. The van der Waals surface area contributed by atoms with E-state index in [9.17, 15) is 13.2 Å². The highest BCUT2D eigenvalue weighted by molar-refractivity contribution is 7.89. The lowest BCUT2D eigenvalue weighted by molar-refractivity contribution is -0.879. The smallest absolute Gasteiger partial charge is 0.277 e. The van der Waals surface area contributed by atoms with Crippen molar-refractivity contribution in [2.24, 2.45) is 0 Å². The fraction of sp³-hybridized carbons (Fsp3) is 0.611. The summed E-state index contributed by atoms with van der Waals surface area (Å²) in [7, 11) is -3.49. The van der Waals surface area contributed by atoms with Gasteiger partial charge in [0.2, 0.25) is 10.0 Å². The third-order valence-corrected chi connectivity index (χ3v) is 7.31. The van der Waals surface area contributed by atoms with Crippen molar-refractivity contribution in [3.05, 3.63) is 29.3 Å². The number of carbonyl (C=O) groups is 1. The van der Waals surface area contributed by atoms with E-state index in [0.29, 0.717) is 37.6 Å². The monoisotopic (exact) mass is 366 g/mol. The molecule has 1 N–H and O–H groups in total. The molecule has 0 bridgehead atoms. The van der Waals surface area contributed by atoms with Crippen molar-refractivity contribution in [3.63, 3.8) is 0 Å². The second-order valence-corrected chi connectivity index (χ2v) is 9.09. The maximum atomic E-state index is 12.9. The van der Waals surface area contributed by atoms with Crippen molar-refractivity contribution in [2.45, 2.75) is 31.6 Å². The molecule has 2 heterocycles. The average Bonchev–Trinajstić information content (AvgIpc) is 3.07. The second kappa shape index (κ2) is 7.43. The van der Waals surface area contributed by atoms with Gasteiger partial charge in [-0.25, -0.2) is 8.42 Å². The molecular weight excluding hydrogens is 338 g/mol. The molecule has 2 fully saturated rings. The topological polar surface area (TPSA) is 62.1 Å². The van der Waals surface area contributed by atoms with Crippen molar-refractivity contribution in [2.75, 3.05) is 45.8 Å². The number of carbonyl (C=O) groups excluding carboxylic acids is 1. The van der Waals surface area contributed by atoms with Crippen LogP contribution in [0.1, 0.15) is 24.0 Å². The molecule has 2 aliphatic heterocycles. The number of hydrogen-bond donors (Lipinski definition) is 1. The molecule has 0 aromatic heterocycles. The normalized spacial score (nSPS) is 20.2. The Balaban J connectivity index is 1.62. The van der Waals surface area contributed by atoms with Gasteiger partial charge in [0.25, 0.3) is 5.91 Å². The number of nitrogens with one attached hydrogen (secondary N) is 1. The van der Waals surface area contributed by atoms with Crippen LogP contribution in [0.4, 0.5) is 0 Å².